The predicted molar refractivity (Wildman–Crippen MR) is 138 cm³/mol. The lowest BCUT2D eigenvalue weighted by atomic mass is 10.0. The third kappa shape index (κ3) is 3.82. The maximum Gasteiger partial charge on any atom is 0.159 e. The van der Waals surface area contributed by atoms with Gasteiger partial charge in [0.2, 0.25) is 0 Å². The van der Waals surface area contributed by atoms with Crippen LogP contribution in [0.2, 0.25) is 0 Å². The van der Waals surface area contributed by atoms with Crippen molar-refractivity contribution in [3.8, 4) is 33.9 Å². The van der Waals surface area contributed by atoms with Crippen LogP contribution in [0, 0.1) is 5.82 Å². The third-order valence-electron chi connectivity index (χ3n) is 6.80. The highest BCUT2D eigenvalue weighted by Gasteiger charge is 2.22. The second-order valence-electron chi connectivity index (χ2n) is 9.23. The van der Waals surface area contributed by atoms with Crippen LogP contribution in [0.5, 0.6) is 0 Å². The van der Waals surface area contributed by atoms with E-state index in [0.29, 0.717) is 39.5 Å². The summed E-state index contributed by atoms with van der Waals surface area (Å²) in [5.74, 6) is 0.0121. The quantitative estimate of drug-likeness (QED) is 0.358. The number of nitrogens with one attached hydrogen (secondary N) is 2. The molecule has 0 unspecified atom stereocenters. The number of halogens is 1. The standard InChI is InChI=1S/C27H22FN9/c28-22-19(18-10-16(11-30-13-18)15-37-8-1-2-9-37)14-32-26-21(22)25(35-36-26)27-33-20-5-7-31-23(24(20)34-27)17-4-3-6-29-12-17/h3-7,10-14H,1-2,8-9,15H2,(H,33,34)(H,32,35,36). The molecule has 0 bridgehead atoms. The first kappa shape index (κ1) is 21.7. The molecule has 6 aromatic heterocycles. The molecule has 37 heavy (non-hydrogen) atoms. The molecule has 1 aliphatic heterocycles. The number of fused-ring (bicyclic) bond motifs is 2. The highest BCUT2D eigenvalue weighted by Crippen LogP contribution is 2.34. The van der Waals surface area contributed by atoms with Crippen LogP contribution in [0.3, 0.4) is 0 Å². The van der Waals surface area contributed by atoms with Crippen LogP contribution < -0.4 is 0 Å². The van der Waals surface area contributed by atoms with E-state index in [-0.39, 0.29) is 5.39 Å². The average Bonchev–Trinajstić information content (AvgIpc) is 3.69. The first-order valence-electron chi connectivity index (χ1n) is 12.2. The van der Waals surface area contributed by atoms with Crippen molar-refractivity contribution in [2.45, 2.75) is 19.4 Å². The molecule has 7 rings (SSSR count). The molecular formula is C27H22FN9. The van der Waals surface area contributed by atoms with E-state index in [9.17, 15) is 0 Å². The number of H-pyrrole nitrogens is 2. The number of nitrogens with zero attached hydrogens (tertiary/aromatic N) is 7. The molecule has 9 nitrogen and oxygen atoms in total. The second-order valence-corrected chi connectivity index (χ2v) is 9.23. The van der Waals surface area contributed by atoms with Crippen molar-refractivity contribution < 1.29 is 4.39 Å². The summed E-state index contributed by atoms with van der Waals surface area (Å²) in [6, 6.07) is 7.60. The Morgan fingerprint density at radius 1 is 0.919 bits per heavy atom. The maximum atomic E-state index is 16.1. The minimum absolute atomic E-state index is 0.275. The zero-order valence-electron chi connectivity index (χ0n) is 19.8. The summed E-state index contributed by atoms with van der Waals surface area (Å²) in [5.41, 5.74) is 5.78. The highest BCUT2D eigenvalue weighted by atomic mass is 19.1. The summed E-state index contributed by atoms with van der Waals surface area (Å²) in [5, 5.41) is 7.49. The Bertz CT molecular complexity index is 1740. The van der Waals surface area contributed by atoms with Crippen LogP contribution in [-0.4, -0.2) is 58.1 Å². The van der Waals surface area contributed by atoms with Gasteiger partial charge in [0.25, 0.3) is 0 Å². The summed E-state index contributed by atoms with van der Waals surface area (Å²) in [6.45, 7) is 2.97. The van der Waals surface area contributed by atoms with Crippen LogP contribution in [0.15, 0.2) is 61.4 Å². The van der Waals surface area contributed by atoms with E-state index in [1.807, 2.05) is 30.5 Å². The monoisotopic (exact) mass is 491 g/mol. The molecule has 1 fully saturated rings. The molecule has 1 aliphatic rings. The smallest absolute Gasteiger partial charge is 0.159 e. The van der Waals surface area contributed by atoms with Crippen molar-refractivity contribution in [1.82, 2.24) is 45.0 Å². The molecule has 0 aromatic carbocycles. The fraction of sp³-hybridized carbons (Fsp3) is 0.185. The van der Waals surface area contributed by atoms with Gasteiger partial charge in [0.05, 0.1) is 16.6 Å². The molecule has 6 aromatic rings. The Hall–Kier alpha value is -4.57. The molecule has 0 radical (unpaired) electrons. The summed E-state index contributed by atoms with van der Waals surface area (Å²) in [4.78, 5) is 28.0. The number of likely N-dealkylation sites (tertiary alicyclic amines) is 1. The van der Waals surface area contributed by atoms with Crippen molar-refractivity contribution in [2.75, 3.05) is 13.1 Å². The Labute approximate surface area is 210 Å². The lowest BCUT2D eigenvalue weighted by Crippen LogP contribution is -2.18. The van der Waals surface area contributed by atoms with Gasteiger partial charge in [-0.1, -0.05) is 0 Å². The van der Waals surface area contributed by atoms with Gasteiger partial charge in [-0.15, -0.1) is 0 Å². The third-order valence-corrected chi connectivity index (χ3v) is 6.80. The minimum atomic E-state index is -0.417. The Kier molecular flexibility index (Phi) is 5.17. The minimum Gasteiger partial charge on any atom is -0.336 e. The first-order chi connectivity index (χ1) is 18.2. The van der Waals surface area contributed by atoms with E-state index >= 15 is 4.39 Å². The largest absolute Gasteiger partial charge is 0.336 e. The maximum absolute atomic E-state index is 16.1. The molecule has 0 aliphatic carbocycles. The van der Waals surface area contributed by atoms with Gasteiger partial charge in [-0.25, -0.2) is 14.4 Å². The zero-order chi connectivity index (χ0) is 24.8. The van der Waals surface area contributed by atoms with Crippen molar-refractivity contribution in [2.24, 2.45) is 0 Å². The fourth-order valence-corrected chi connectivity index (χ4v) is 5.01. The lowest BCUT2D eigenvalue weighted by Gasteiger charge is -2.15. The van der Waals surface area contributed by atoms with Crippen LogP contribution >= 0.6 is 0 Å². The van der Waals surface area contributed by atoms with Gasteiger partial charge in [0.1, 0.15) is 17.0 Å². The van der Waals surface area contributed by atoms with E-state index in [2.05, 4.69) is 40.0 Å². The van der Waals surface area contributed by atoms with Gasteiger partial charge < -0.3 is 4.98 Å². The van der Waals surface area contributed by atoms with Crippen molar-refractivity contribution in [3.05, 3.63) is 72.8 Å². The molecule has 1 saturated heterocycles. The number of rotatable bonds is 5. The fourth-order valence-electron chi connectivity index (χ4n) is 5.01. The summed E-state index contributed by atoms with van der Waals surface area (Å²) in [6.07, 6.45) is 12.6. The molecule has 0 amide bonds. The number of imidazole rings is 1. The van der Waals surface area contributed by atoms with E-state index in [1.54, 1.807) is 24.8 Å². The van der Waals surface area contributed by atoms with Crippen molar-refractivity contribution >= 4 is 22.1 Å². The molecule has 0 saturated carbocycles. The Balaban J connectivity index is 1.32. The number of aromatic amines is 2. The van der Waals surface area contributed by atoms with Gasteiger partial charge in [0, 0.05) is 60.4 Å². The molecule has 182 valence electrons. The zero-order valence-corrected chi connectivity index (χ0v) is 19.8. The molecular weight excluding hydrogens is 469 g/mol. The Morgan fingerprint density at radius 3 is 2.68 bits per heavy atom. The van der Waals surface area contributed by atoms with Crippen LogP contribution in [0.25, 0.3) is 56.0 Å². The molecule has 0 spiro atoms. The molecule has 10 heteroatoms. The van der Waals surface area contributed by atoms with E-state index in [4.69, 9.17) is 4.98 Å². The summed E-state index contributed by atoms with van der Waals surface area (Å²) < 4.78 is 16.1. The molecule has 2 N–H and O–H groups in total. The first-order valence-corrected chi connectivity index (χ1v) is 12.2. The van der Waals surface area contributed by atoms with E-state index in [0.717, 1.165) is 36.3 Å². The van der Waals surface area contributed by atoms with Crippen LogP contribution in [0.1, 0.15) is 18.4 Å². The SMILES string of the molecule is Fc1c(-c2cncc(CN3CCCC3)c2)cnc2[nH]nc(-c3nc4c(-c5cccnc5)nccc4[nH]3)c12. The van der Waals surface area contributed by atoms with Gasteiger partial charge in [-0.2, -0.15) is 5.10 Å². The summed E-state index contributed by atoms with van der Waals surface area (Å²) >= 11 is 0. The summed E-state index contributed by atoms with van der Waals surface area (Å²) in [7, 11) is 0. The number of pyridine rings is 4. The second kappa shape index (κ2) is 8.82. The number of hydrogen-bond donors (Lipinski definition) is 2. The average molecular weight is 492 g/mol. The number of aromatic nitrogens is 8. The van der Waals surface area contributed by atoms with E-state index < -0.39 is 5.82 Å². The van der Waals surface area contributed by atoms with Gasteiger partial charge >= 0.3 is 0 Å². The van der Waals surface area contributed by atoms with Gasteiger partial charge in [-0.05, 0) is 55.8 Å². The number of hydrogen-bond acceptors (Lipinski definition) is 7. The topological polar surface area (TPSA) is 112 Å². The molecule has 0 atom stereocenters. The van der Waals surface area contributed by atoms with Crippen molar-refractivity contribution in [3.63, 3.8) is 0 Å². The van der Waals surface area contributed by atoms with Crippen LogP contribution in [0.4, 0.5) is 4.39 Å². The lowest BCUT2D eigenvalue weighted by molar-refractivity contribution is 0.331. The van der Waals surface area contributed by atoms with Gasteiger partial charge in [0.15, 0.2) is 11.5 Å². The van der Waals surface area contributed by atoms with Crippen molar-refractivity contribution in [1.29, 1.82) is 0 Å². The van der Waals surface area contributed by atoms with Gasteiger partial charge in [-0.3, -0.25) is 25.0 Å². The highest BCUT2D eigenvalue weighted by molar-refractivity contribution is 5.96. The molecule has 7 heterocycles. The predicted octanol–water partition coefficient (Wildman–Crippen LogP) is 4.76. The van der Waals surface area contributed by atoms with Crippen LogP contribution in [-0.2, 0) is 6.54 Å². The van der Waals surface area contributed by atoms with E-state index in [1.165, 1.54) is 19.0 Å². The normalized spacial score (nSPS) is 14.2. The Morgan fingerprint density at radius 2 is 1.81 bits per heavy atom.